The van der Waals surface area contributed by atoms with Crippen LogP contribution in [-0.2, 0) is 28.6 Å². The van der Waals surface area contributed by atoms with Gasteiger partial charge in [-0.15, -0.1) is 0 Å². The van der Waals surface area contributed by atoms with Crippen LogP contribution in [-0.4, -0.2) is 37.2 Å². The average Bonchev–Trinajstić information content (AvgIpc) is 3.07. The summed E-state index contributed by atoms with van der Waals surface area (Å²) in [6, 6.07) is 0. The van der Waals surface area contributed by atoms with E-state index in [0.29, 0.717) is 19.3 Å². The molecule has 0 saturated carbocycles. The van der Waals surface area contributed by atoms with E-state index in [1.807, 2.05) is 0 Å². The van der Waals surface area contributed by atoms with Crippen LogP contribution in [0.4, 0.5) is 0 Å². The quantitative estimate of drug-likeness (QED) is 0.0380. The van der Waals surface area contributed by atoms with Gasteiger partial charge in [0, 0.05) is 19.3 Å². The number of esters is 3. The van der Waals surface area contributed by atoms with Gasteiger partial charge in [0.25, 0.3) is 0 Å². The molecule has 0 rings (SSSR count). The van der Waals surface area contributed by atoms with Crippen molar-refractivity contribution in [3.8, 4) is 0 Å². The first-order valence-corrected chi connectivity index (χ1v) is 20.3. The molecule has 0 aliphatic carbocycles. The highest BCUT2D eigenvalue weighted by Crippen LogP contribution is 2.17. The van der Waals surface area contributed by atoms with Gasteiger partial charge < -0.3 is 14.2 Å². The van der Waals surface area contributed by atoms with Gasteiger partial charge in [-0.2, -0.15) is 0 Å². The molecule has 0 heterocycles. The molecule has 0 bridgehead atoms. The molecule has 0 aromatic carbocycles. The van der Waals surface area contributed by atoms with Gasteiger partial charge in [0.1, 0.15) is 13.2 Å². The Hall–Kier alpha value is -1.59. The summed E-state index contributed by atoms with van der Waals surface area (Å²) in [6.45, 7) is 11.2. The van der Waals surface area contributed by atoms with Crippen molar-refractivity contribution in [1.82, 2.24) is 0 Å². The van der Waals surface area contributed by atoms with E-state index < -0.39 is 6.10 Å². The number of ether oxygens (including phenoxy) is 3. The monoisotopic (exact) mass is 667 g/mol. The standard InChI is InChI=1S/C41H78O6/c1-6-9-10-19-26-31-39(42)45-34-38(35-46-40(43)32-27-22-18-17-21-25-30-37(5)8-3)47-41(44)33-28-23-16-14-12-11-13-15-20-24-29-36(4)7-2/h36-38H,6-35H2,1-5H3/t36?,37?,38-/m0/s1. The van der Waals surface area contributed by atoms with Crippen LogP contribution in [0.3, 0.4) is 0 Å². The Bertz CT molecular complexity index is 723. The Balaban J connectivity index is 4.27. The number of carbonyl (C=O) groups is 3. The molecule has 47 heavy (non-hydrogen) atoms. The van der Waals surface area contributed by atoms with Crippen LogP contribution >= 0.6 is 0 Å². The molecule has 6 nitrogen and oxygen atoms in total. The summed E-state index contributed by atoms with van der Waals surface area (Å²) in [5.74, 6) is 0.801. The minimum atomic E-state index is -0.758. The molecular weight excluding hydrogens is 588 g/mol. The van der Waals surface area contributed by atoms with Crippen LogP contribution < -0.4 is 0 Å². The van der Waals surface area contributed by atoms with Crippen molar-refractivity contribution in [2.75, 3.05) is 13.2 Å². The fraction of sp³-hybridized carbons (Fsp3) is 0.927. The van der Waals surface area contributed by atoms with Crippen molar-refractivity contribution in [2.45, 2.75) is 221 Å². The third-order valence-corrected chi connectivity index (χ3v) is 9.69. The summed E-state index contributed by atoms with van der Waals surface area (Å²) in [4.78, 5) is 37.3. The molecule has 0 aliphatic heterocycles. The zero-order valence-corrected chi connectivity index (χ0v) is 31.9. The lowest BCUT2D eigenvalue weighted by atomic mass is 9.99. The van der Waals surface area contributed by atoms with Crippen LogP contribution in [0.2, 0.25) is 0 Å². The third-order valence-electron chi connectivity index (χ3n) is 9.69. The number of rotatable bonds is 35. The van der Waals surface area contributed by atoms with Crippen molar-refractivity contribution in [3.05, 3.63) is 0 Å². The van der Waals surface area contributed by atoms with Gasteiger partial charge in [0.15, 0.2) is 6.10 Å². The summed E-state index contributed by atoms with van der Waals surface area (Å²) >= 11 is 0. The maximum atomic E-state index is 12.6. The van der Waals surface area contributed by atoms with E-state index in [1.54, 1.807) is 0 Å². The third kappa shape index (κ3) is 32.7. The molecule has 0 radical (unpaired) electrons. The van der Waals surface area contributed by atoms with Gasteiger partial charge in [-0.1, -0.05) is 176 Å². The van der Waals surface area contributed by atoms with Crippen LogP contribution in [0.1, 0.15) is 214 Å². The van der Waals surface area contributed by atoms with Crippen molar-refractivity contribution >= 4 is 17.9 Å². The first-order valence-electron chi connectivity index (χ1n) is 20.3. The summed E-state index contributed by atoms with van der Waals surface area (Å²) in [7, 11) is 0. The fourth-order valence-corrected chi connectivity index (χ4v) is 5.80. The van der Waals surface area contributed by atoms with Gasteiger partial charge in [0.05, 0.1) is 0 Å². The lowest BCUT2D eigenvalue weighted by molar-refractivity contribution is -0.167. The summed E-state index contributed by atoms with van der Waals surface area (Å²) in [6.07, 6.45) is 29.7. The molecule has 0 N–H and O–H groups in total. The van der Waals surface area contributed by atoms with Crippen LogP contribution in [0, 0.1) is 11.8 Å². The average molecular weight is 667 g/mol. The zero-order chi connectivity index (χ0) is 34.8. The van der Waals surface area contributed by atoms with Gasteiger partial charge >= 0.3 is 17.9 Å². The molecular formula is C41H78O6. The largest absolute Gasteiger partial charge is 0.462 e. The van der Waals surface area contributed by atoms with E-state index in [-0.39, 0.29) is 31.1 Å². The molecule has 0 spiro atoms. The van der Waals surface area contributed by atoms with Gasteiger partial charge in [-0.25, -0.2) is 0 Å². The lowest BCUT2D eigenvalue weighted by Gasteiger charge is -2.18. The highest BCUT2D eigenvalue weighted by molar-refractivity contribution is 5.71. The van der Waals surface area contributed by atoms with Crippen LogP contribution in [0.15, 0.2) is 0 Å². The van der Waals surface area contributed by atoms with Crippen molar-refractivity contribution in [1.29, 1.82) is 0 Å². The van der Waals surface area contributed by atoms with E-state index in [4.69, 9.17) is 14.2 Å². The van der Waals surface area contributed by atoms with Gasteiger partial charge in [-0.05, 0) is 31.1 Å². The minimum absolute atomic E-state index is 0.0679. The summed E-state index contributed by atoms with van der Waals surface area (Å²) < 4.78 is 16.5. The second-order valence-electron chi connectivity index (χ2n) is 14.4. The van der Waals surface area contributed by atoms with Crippen LogP contribution in [0.5, 0.6) is 0 Å². The normalized spacial score (nSPS) is 13.2. The van der Waals surface area contributed by atoms with E-state index in [9.17, 15) is 14.4 Å². The van der Waals surface area contributed by atoms with E-state index in [2.05, 4.69) is 34.6 Å². The Morgan fingerprint density at radius 1 is 0.426 bits per heavy atom. The highest BCUT2D eigenvalue weighted by atomic mass is 16.6. The Morgan fingerprint density at radius 3 is 1.11 bits per heavy atom. The summed E-state index contributed by atoms with van der Waals surface area (Å²) in [5.41, 5.74) is 0. The maximum absolute atomic E-state index is 12.6. The fourth-order valence-electron chi connectivity index (χ4n) is 5.80. The maximum Gasteiger partial charge on any atom is 0.306 e. The van der Waals surface area contributed by atoms with E-state index in [0.717, 1.165) is 76.0 Å². The predicted molar refractivity (Wildman–Crippen MR) is 196 cm³/mol. The molecule has 0 aromatic rings. The van der Waals surface area contributed by atoms with Crippen molar-refractivity contribution in [2.24, 2.45) is 11.8 Å². The number of hydrogen-bond donors (Lipinski definition) is 0. The number of hydrogen-bond acceptors (Lipinski definition) is 6. The Kier molecular flexibility index (Phi) is 33.1. The molecule has 0 saturated heterocycles. The second kappa shape index (κ2) is 34.3. The SMILES string of the molecule is CCCCCCCC(=O)OC[C@@H](COC(=O)CCCCCCCCC(C)CC)OC(=O)CCCCCCCCCCCCC(C)CC. The van der Waals surface area contributed by atoms with Crippen molar-refractivity contribution < 1.29 is 28.6 Å². The molecule has 0 aliphatic rings. The van der Waals surface area contributed by atoms with Crippen LogP contribution in [0.25, 0.3) is 0 Å². The highest BCUT2D eigenvalue weighted by Gasteiger charge is 2.19. The van der Waals surface area contributed by atoms with Gasteiger partial charge in [-0.3, -0.25) is 14.4 Å². The second-order valence-corrected chi connectivity index (χ2v) is 14.4. The minimum Gasteiger partial charge on any atom is -0.462 e. The smallest absolute Gasteiger partial charge is 0.306 e. The zero-order valence-electron chi connectivity index (χ0n) is 31.9. The molecule has 6 heteroatoms. The first kappa shape index (κ1) is 45.4. The van der Waals surface area contributed by atoms with E-state index in [1.165, 1.54) is 96.3 Å². The lowest BCUT2D eigenvalue weighted by Crippen LogP contribution is -2.30. The summed E-state index contributed by atoms with van der Waals surface area (Å²) in [5, 5.41) is 0. The molecule has 0 aromatic heterocycles. The molecule has 3 atom stereocenters. The molecule has 2 unspecified atom stereocenters. The number of carbonyl (C=O) groups excluding carboxylic acids is 3. The van der Waals surface area contributed by atoms with E-state index >= 15 is 0 Å². The Labute approximate surface area is 291 Å². The Morgan fingerprint density at radius 2 is 0.745 bits per heavy atom. The topological polar surface area (TPSA) is 78.9 Å². The predicted octanol–water partition coefficient (Wildman–Crippen LogP) is 12.2. The molecule has 0 amide bonds. The van der Waals surface area contributed by atoms with Crippen molar-refractivity contribution in [3.63, 3.8) is 0 Å². The first-order chi connectivity index (χ1) is 22.8. The molecule has 0 fully saturated rings. The van der Waals surface area contributed by atoms with Gasteiger partial charge in [0.2, 0.25) is 0 Å². The number of unbranched alkanes of at least 4 members (excludes halogenated alkanes) is 18. The molecule has 278 valence electrons.